The van der Waals surface area contributed by atoms with Crippen LogP contribution in [-0.2, 0) is 4.74 Å². The predicted octanol–water partition coefficient (Wildman–Crippen LogP) is 0.380. The largest absolute Gasteiger partial charge is 0.489 e. The summed E-state index contributed by atoms with van der Waals surface area (Å²) in [5, 5.41) is 33.0. The molecule has 12 nitrogen and oxygen atoms in total. The number of hydrogen-bond acceptors (Lipinski definition) is 9. The fourth-order valence-electron chi connectivity index (χ4n) is 3.27. The number of carboxylic acid groups (broad SMARTS) is 1. The molecule has 3 atom stereocenters. The van der Waals surface area contributed by atoms with Gasteiger partial charge < -0.3 is 40.2 Å². The van der Waals surface area contributed by atoms with Gasteiger partial charge in [-0.25, -0.2) is 9.59 Å². The molecule has 160 valence electrons. The minimum absolute atomic E-state index is 0.0969. The average molecular weight is 420 g/mol. The second-order valence-corrected chi connectivity index (χ2v) is 6.70. The lowest BCUT2D eigenvalue weighted by molar-refractivity contribution is -0.0459. The van der Waals surface area contributed by atoms with Crippen molar-refractivity contribution in [2.45, 2.75) is 24.9 Å². The van der Waals surface area contributed by atoms with Crippen LogP contribution in [0.3, 0.4) is 0 Å². The molecule has 2 aliphatic heterocycles. The number of aliphatic hydroxyl groups excluding tert-OH is 2. The maximum atomic E-state index is 12.5. The number of carbonyl (C=O) groups is 1. The Balaban J connectivity index is 1.54. The van der Waals surface area contributed by atoms with Crippen molar-refractivity contribution in [2.24, 2.45) is 0 Å². The van der Waals surface area contributed by atoms with Gasteiger partial charge in [-0.1, -0.05) is 6.07 Å². The van der Waals surface area contributed by atoms with Gasteiger partial charge in [0, 0.05) is 6.42 Å². The lowest BCUT2D eigenvalue weighted by Crippen LogP contribution is -2.29. The third-order valence-electron chi connectivity index (χ3n) is 4.70. The van der Waals surface area contributed by atoms with Crippen LogP contribution >= 0.6 is 0 Å². The third kappa shape index (κ3) is 3.87. The second-order valence-electron chi connectivity index (χ2n) is 6.70. The number of para-hydroxylation sites is 1. The van der Waals surface area contributed by atoms with Gasteiger partial charge in [0.15, 0.2) is 17.3 Å². The number of hydrogen-bond donors (Lipinski definition) is 5. The van der Waals surface area contributed by atoms with E-state index in [9.17, 15) is 19.8 Å². The summed E-state index contributed by atoms with van der Waals surface area (Å²) in [5.74, 6) is 1.29. The first-order chi connectivity index (χ1) is 14.5. The van der Waals surface area contributed by atoms with Crippen LogP contribution in [0, 0.1) is 0 Å². The van der Waals surface area contributed by atoms with Gasteiger partial charge in [0.05, 0.1) is 25.5 Å². The molecular weight excluding hydrogens is 400 g/mol. The molecule has 1 saturated heterocycles. The van der Waals surface area contributed by atoms with Gasteiger partial charge >= 0.3 is 11.8 Å². The summed E-state index contributed by atoms with van der Waals surface area (Å²) in [7, 11) is 0. The molecular formula is C18H20N4O8. The van der Waals surface area contributed by atoms with Crippen LogP contribution in [0.1, 0.15) is 12.6 Å². The second kappa shape index (κ2) is 8.18. The van der Waals surface area contributed by atoms with Crippen molar-refractivity contribution in [1.82, 2.24) is 14.9 Å². The molecule has 1 aromatic carbocycles. The Hall–Kier alpha value is -3.35. The summed E-state index contributed by atoms with van der Waals surface area (Å²) >= 11 is 0. The van der Waals surface area contributed by atoms with Crippen LogP contribution in [0.5, 0.6) is 17.2 Å². The molecule has 5 N–H and O–H groups in total. The maximum Gasteiger partial charge on any atom is 0.404 e. The minimum Gasteiger partial charge on any atom is -0.489 e. The van der Waals surface area contributed by atoms with E-state index in [1.54, 1.807) is 18.2 Å². The molecule has 1 fully saturated rings. The molecule has 30 heavy (non-hydrogen) atoms. The zero-order chi connectivity index (χ0) is 21.3. The molecule has 2 aliphatic rings. The van der Waals surface area contributed by atoms with E-state index in [4.69, 9.17) is 19.3 Å². The van der Waals surface area contributed by atoms with Gasteiger partial charge in [0.25, 0.3) is 0 Å². The van der Waals surface area contributed by atoms with E-state index in [0.29, 0.717) is 17.2 Å². The van der Waals surface area contributed by atoms with E-state index < -0.39 is 30.2 Å². The Morgan fingerprint density at radius 2 is 2.23 bits per heavy atom. The summed E-state index contributed by atoms with van der Waals surface area (Å²) < 4.78 is 18.2. The Bertz CT molecular complexity index is 1010. The van der Waals surface area contributed by atoms with Crippen molar-refractivity contribution >= 4 is 17.6 Å². The van der Waals surface area contributed by atoms with E-state index in [1.807, 2.05) is 0 Å². The van der Waals surface area contributed by atoms with Gasteiger partial charge in [-0.2, -0.15) is 4.98 Å². The van der Waals surface area contributed by atoms with Gasteiger partial charge in [0.2, 0.25) is 0 Å². The first-order valence-corrected chi connectivity index (χ1v) is 9.21. The van der Waals surface area contributed by atoms with Crippen LogP contribution in [0.4, 0.5) is 16.3 Å². The smallest absolute Gasteiger partial charge is 0.404 e. The van der Waals surface area contributed by atoms with Crippen molar-refractivity contribution in [3.05, 3.63) is 34.9 Å². The Morgan fingerprint density at radius 1 is 1.40 bits per heavy atom. The topological polar surface area (TPSA) is 164 Å². The number of amides is 1. The van der Waals surface area contributed by atoms with Crippen LogP contribution in [-0.4, -0.2) is 62.9 Å². The molecule has 0 saturated carbocycles. The zero-order valence-corrected chi connectivity index (χ0v) is 15.6. The molecule has 1 amide bonds. The van der Waals surface area contributed by atoms with Gasteiger partial charge in [-0.15, -0.1) is 0 Å². The highest BCUT2D eigenvalue weighted by Crippen LogP contribution is 2.45. The van der Waals surface area contributed by atoms with Gasteiger partial charge in [-0.3, -0.25) is 4.57 Å². The average Bonchev–Trinajstić information content (AvgIpc) is 3.09. The first kappa shape index (κ1) is 19.9. The number of nitrogens with zero attached hydrogens (tertiary/aromatic N) is 2. The molecule has 12 heteroatoms. The number of nitrogens with one attached hydrogen (secondary N) is 2. The highest BCUT2D eigenvalue weighted by atomic mass is 16.5. The molecule has 3 heterocycles. The highest BCUT2D eigenvalue weighted by molar-refractivity contribution is 5.77. The standard InChI is InChI=1S/C18H20N4O8/c23-8-13-9(24)6-14(30-13)22-7-12-16(21-17(22)25)20-15-10(2-1-3-11(15)29-12)28-5-4-19-18(26)27/h1-3,7,9,13-14,19,23-24H,4-6,8H2,(H,26,27)(H,20,21,25)/t9-,13-,14?/m1/s1. The van der Waals surface area contributed by atoms with E-state index in [2.05, 4.69) is 15.6 Å². The monoisotopic (exact) mass is 420 g/mol. The van der Waals surface area contributed by atoms with Gasteiger partial charge in [0.1, 0.15) is 30.4 Å². The molecule has 0 radical (unpaired) electrons. The molecule has 1 aromatic heterocycles. The van der Waals surface area contributed by atoms with Crippen LogP contribution in [0.25, 0.3) is 0 Å². The number of ether oxygens (including phenoxy) is 3. The highest BCUT2D eigenvalue weighted by Gasteiger charge is 2.36. The van der Waals surface area contributed by atoms with E-state index in [-0.39, 0.29) is 37.7 Å². The Morgan fingerprint density at radius 3 is 2.97 bits per heavy atom. The molecule has 0 spiro atoms. The summed E-state index contributed by atoms with van der Waals surface area (Å²) in [5.41, 5.74) is -0.161. The molecule has 1 unspecified atom stereocenters. The van der Waals surface area contributed by atoms with Crippen molar-refractivity contribution in [2.75, 3.05) is 25.1 Å². The Kier molecular flexibility index (Phi) is 5.44. The van der Waals surface area contributed by atoms with Crippen LogP contribution < -0.4 is 25.8 Å². The summed E-state index contributed by atoms with van der Waals surface area (Å²) in [6, 6.07) is 5.07. The fourth-order valence-corrected chi connectivity index (χ4v) is 3.27. The number of aromatic nitrogens is 2. The van der Waals surface area contributed by atoms with Crippen molar-refractivity contribution in [1.29, 1.82) is 0 Å². The van der Waals surface area contributed by atoms with E-state index in [0.717, 1.165) is 0 Å². The molecule has 0 aliphatic carbocycles. The molecule has 0 bridgehead atoms. The van der Waals surface area contributed by atoms with E-state index in [1.165, 1.54) is 10.8 Å². The third-order valence-corrected chi connectivity index (χ3v) is 4.70. The lowest BCUT2D eigenvalue weighted by atomic mass is 10.2. The number of anilines is 2. The fraction of sp³-hybridized carbons (Fsp3) is 0.389. The molecule has 2 aromatic rings. The predicted molar refractivity (Wildman–Crippen MR) is 101 cm³/mol. The number of fused-ring (bicyclic) bond motifs is 2. The molecule has 4 rings (SSSR count). The number of aliphatic hydroxyl groups is 2. The lowest BCUT2D eigenvalue weighted by Gasteiger charge is -2.24. The number of rotatable bonds is 6. The van der Waals surface area contributed by atoms with E-state index >= 15 is 0 Å². The zero-order valence-electron chi connectivity index (χ0n) is 15.6. The van der Waals surface area contributed by atoms with Crippen molar-refractivity contribution < 1.29 is 34.3 Å². The summed E-state index contributed by atoms with van der Waals surface area (Å²) in [4.78, 5) is 27.0. The van der Waals surface area contributed by atoms with Crippen LogP contribution in [0.2, 0.25) is 0 Å². The summed E-state index contributed by atoms with van der Waals surface area (Å²) in [6.07, 6.45) is -2.01. The normalized spacial score (nSPS) is 21.7. The quantitative estimate of drug-likeness (QED) is 0.352. The first-order valence-electron chi connectivity index (χ1n) is 9.21. The van der Waals surface area contributed by atoms with Crippen LogP contribution in [0.15, 0.2) is 29.2 Å². The van der Waals surface area contributed by atoms with Crippen molar-refractivity contribution in [3.8, 4) is 17.2 Å². The van der Waals surface area contributed by atoms with Crippen molar-refractivity contribution in [3.63, 3.8) is 0 Å². The minimum atomic E-state index is -1.14. The Labute approximate surface area is 169 Å². The maximum absolute atomic E-state index is 12.5. The summed E-state index contributed by atoms with van der Waals surface area (Å²) in [6.45, 7) is -0.165. The number of benzene rings is 1. The van der Waals surface area contributed by atoms with Gasteiger partial charge in [-0.05, 0) is 12.1 Å². The SMILES string of the molecule is O=C(O)NCCOc1cccc2c1Nc1nc(=O)n(C3C[C@@H](O)[C@@H](CO)O3)cc1O2.